The Hall–Kier alpha value is -1.64. The van der Waals surface area contributed by atoms with Crippen LogP contribution < -0.4 is 5.56 Å². The molecule has 1 heterocycles. The monoisotopic (exact) mass is 194 g/mol. The molecular weight excluding hydrogens is 184 g/mol. The van der Waals surface area contributed by atoms with Gasteiger partial charge in [0.15, 0.2) is 0 Å². The predicted molar refractivity (Wildman–Crippen MR) is 48.3 cm³/mol. The molecule has 1 aromatic heterocycles. The largest absolute Gasteiger partial charge is 0.389 e. The molecule has 5 nitrogen and oxygen atoms in total. The fraction of sp³-hybridized carbons (Fsp3) is 0.333. The van der Waals surface area contributed by atoms with Crippen molar-refractivity contribution in [2.75, 3.05) is 0 Å². The van der Waals surface area contributed by atoms with Crippen molar-refractivity contribution in [2.24, 2.45) is 0 Å². The van der Waals surface area contributed by atoms with Crippen molar-refractivity contribution >= 4 is 0 Å². The topological polar surface area (TPSA) is 97.1 Å². The van der Waals surface area contributed by atoms with E-state index in [1.807, 2.05) is 0 Å². The number of hydrogen-bond acceptors (Lipinski definition) is 4. The molecule has 2 unspecified atom stereocenters. The summed E-state index contributed by atoms with van der Waals surface area (Å²) in [6.45, 7) is 0. The number of pyridine rings is 1. The van der Waals surface area contributed by atoms with Gasteiger partial charge in [-0.2, -0.15) is 5.26 Å². The summed E-state index contributed by atoms with van der Waals surface area (Å²) in [5.41, 5.74) is 0.100. The standard InChI is InChI=1S/C9H10N2O3/c10-4-3-7(12)9(14)6-1-2-8(13)11-5-6/h1-2,5,7,9,12,14H,3H2,(H,11,13). The molecule has 3 N–H and O–H groups in total. The highest BCUT2D eigenvalue weighted by Crippen LogP contribution is 2.16. The molecule has 0 aliphatic carbocycles. The summed E-state index contributed by atoms with van der Waals surface area (Å²) in [7, 11) is 0. The molecule has 0 aliphatic rings. The number of aliphatic hydroxyl groups is 2. The quantitative estimate of drug-likeness (QED) is 0.614. The number of nitriles is 1. The van der Waals surface area contributed by atoms with Crippen LogP contribution >= 0.6 is 0 Å². The maximum atomic E-state index is 10.7. The van der Waals surface area contributed by atoms with Crippen LogP contribution in [0.4, 0.5) is 0 Å². The lowest BCUT2D eigenvalue weighted by Crippen LogP contribution is -2.18. The zero-order chi connectivity index (χ0) is 10.6. The molecule has 0 bridgehead atoms. The van der Waals surface area contributed by atoms with Crippen LogP contribution in [0.1, 0.15) is 18.1 Å². The molecular formula is C9H10N2O3. The van der Waals surface area contributed by atoms with E-state index in [0.29, 0.717) is 5.56 Å². The number of nitrogens with zero attached hydrogens (tertiary/aromatic N) is 1. The molecule has 1 rings (SSSR count). The highest BCUT2D eigenvalue weighted by molar-refractivity contribution is 5.13. The SMILES string of the molecule is N#CCC(O)C(O)c1ccc(=O)[nH]c1. The van der Waals surface area contributed by atoms with Crippen LogP contribution in [0.3, 0.4) is 0 Å². The maximum absolute atomic E-state index is 10.7. The Kier molecular flexibility index (Phi) is 3.40. The summed E-state index contributed by atoms with van der Waals surface area (Å²) in [6, 6.07) is 4.40. The van der Waals surface area contributed by atoms with Gasteiger partial charge in [-0.3, -0.25) is 4.79 Å². The molecule has 1 aromatic rings. The van der Waals surface area contributed by atoms with Crippen LogP contribution in [0.5, 0.6) is 0 Å². The maximum Gasteiger partial charge on any atom is 0.247 e. The average Bonchev–Trinajstić information content (AvgIpc) is 2.18. The molecule has 2 atom stereocenters. The average molecular weight is 194 g/mol. The van der Waals surface area contributed by atoms with Crippen molar-refractivity contribution in [3.05, 3.63) is 34.2 Å². The Morgan fingerprint density at radius 3 is 2.71 bits per heavy atom. The Morgan fingerprint density at radius 1 is 1.50 bits per heavy atom. The number of aliphatic hydroxyl groups excluding tert-OH is 2. The van der Waals surface area contributed by atoms with Gasteiger partial charge in [-0.15, -0.1) is 0 Å². The first-order valence-electron chi connectivity index (χ1n) is 4.07. The van der Waals surface area contributed by atoms with E-state index in [4.69, 9.17) is 5.26 Å². The van der Waals surface area contributed by atoms with E-state index in [0.717, 1.165) is 0 Å². The fourth-order valence-corrected chi connectivity index (χ4v) is 1.03. The first-order chi connectivity index (χ1) is 6.65. The van der Waals surface area contributed by atoms with Crippen LogP contribution in [0.2, 0.25) is 0 Å². The van der Waals surface area contributed by atoms with Crippen LogP contribution in [0.15, 0.2) is 23.1 Å². The summed E-state index contributed by atoms with van der Waals surface area (Å²) in [5, 5.41) is 27.1. The van der Waals surface area contributed by atoms with Crippen LogP contribution in [0.25, 0.3) is 0 Å². The van der Waals surface area contributed by atoms with Gasteiger partial charge in [0.1, 0.15) is 6.10 Å². The first-order valence-corrected chi connectivity index (χ1v) is 4.07. The van der Waals surface area contributed by atoms with Gasteiger partial charge in [0.05, 0.1) is 18.6 Å². The van der Waals surface area contributed by atoms with E-state index in [-0.39, 0.29) is 12.0 Å². The number of H-pyrrole nitrogens is 1. The Labute approximate surface area is 80.3 Å². The number of rotatable bonds is 3. The second kappa shape index (κ2) is 4.56. The number of hydrogen-bond donors (Lipinski definition) is 3. The smallest absolute Gasteiger partial charge is 0.247 e. The minimum absolute atomic E-state index is 0.152. The molecule has 0 saturated heterocycles. The van der Waals surface area contributed by atoms with Gasteiger partial charge in [-0.1, -0.05) is 0 Å². The minimum atomic E-state index is -1.15. The van der Waals surface area contributed by atoms with E-state index < -0.39 is 12.2 Å². The van der Waals surface area contributed by atoms with E-state index in [9.17, 15) is 15.0 Å². The molecule has 0 aliphatic heterocycles. The fourth-order valence-electron chi connectivity index (χ4n) is 1.03. The first kappa shape index (κ1) is 10.4. The lowest BCUT2D eigenvalue weighted by Gasteiger charge is -2.14. The summed E-state index contributed by atoms with van der Waals surface area (Å²) in [5.74, 6) is 0. The number of aromatic nitrogens is 1. The molecule has 0 fully saturated rings. The Bertz CT molecular complexity index is 373. The van der Waals surface area contributed by atoms with Gasteiger partial charge in [0.2, 0.25) is 5.56 Å². The van der Waals surface area contributed by atoms with Crippen molar-refractivity contribution in [3.8, 4) is 6.07 Å². The second-order valence-corrected chi connectivity index (χ2v) is 2.86. The third kappa shape index (κ3) is 2.42. The Morgan fingerprint density at radius 2 is 2.21 bits per heavy atom. The van der Waals surface area contributed by atoms with Crippen molar-refractivity contribution in [1.82, 2.24) is 4.98 Å². The van der Waals surface area contributed by atoms with Gasteiger partial charge in [0.25, 0.3) is 0 Å². The van der Waals surface area contributed by atoms with E-state index in [1.165, 1.54) is 18.3 Å². The third-order valence-electron chi connectivity index (χ3n) is 1.81. The summed E-state index contributed by atoms with van der Waals surface area (Å²) in [4.78, 5) is 13.1. The minimum Gasteiger partial charge on any atom is -0.389 e. The molecule has 5 heteroatoms. The van der Waals surface area contributed by atoms with Gasteiger partial charge >= 0.3 is 0 Å². The highest BCUT2D eigenvalue weighted by atomic mass is 16.3. The van der Waals surface area contributed by atoms with E-state index in [2.05, 4.69) is 4.98 Å². The molecule has 0 saturated carbocycles. The van der Waals surface area contributed by atoms with Gasteiger partial charge in [-0.05, 0) is 11.6 Å². The van der Waals surface area contributed by atoms with Crippen molar-refractivity contribution in [2.45, 2.75) is 18.6 Å². The molecule has 14 heavy (non-hydrogen) atoms. The van der Waals surface area contributed by atoms with Crippen molar-refractivity contribution < 1.29 is 10.2 Å². The molecule has 0 spiro atoms. The summed E-state index contributed by atoms with van der Waals surface area (Å²) < 4.78 is 0. The van der Waals surface area contributed by atoms with Gasteiger partial charge in [-0.25, -0.2) is 0 Å². The highest BCUT2D eigenvalue weighted by Gasteiger charge is 2.17. The summed E-state index contributed by atoms with van der Waals surface area (Å²) in [6.07, 6.45) is -1.12. The van der Waals surface area contributed by atoms with Gasteiger partial charge < -0.3 is 15.2 Å². The van der Waals surface area contributed by atoms with Crippen LogP contribution in [0, 0.1) is 11.3 Å². The lowest BCUT2D eigenvalue weighted by atomic mass is 10.0. The number of aromatic amines is 1. The zero-order valence-electron chi connectivity index (χ0n) is 7.34. The third-order valence-corrected chi connectivity index (χ3v) is 1.81. The Balaban J connectivity index is 2.79. The van der Waals surface area contributed by atoms with Crippen LogP contribution in [-0.4, -0.2) is 21.3 Å². The van der Waals surface area contributed by atoms with Crippen molar-refractivity contribution in [1.29, 1.82) is 5.26 Å². The molecule has 0 radical (unpaired) electrons. The molecule has 74 valence electrons. The predicted octanol–water partition coefficient (Wildman–Crippen LogP) is -0.317. The molecule has 0 aromatic carbocycles. The summed E-state index contributed by atoms with van der Waals surface area (Å²) >= 11 is 0. The lowest BCUT2D eigenvalue weighted by molar-refractivity contribution is 0.0214. The molecule has 0 amide bonds. The van der Waals surface area contributed by atoms with Crippen molar-refractivity contribution in [3.63, 3.8) is 0 Å². The second-order valence-electron chi connectivity index (χ2n) is 2.86. The normalized spacial score (nSPS) is 14.4. The van der Waals surface area contributed by atoms with E-state index in [1.54, 1.807) is 6.07 Å². The zero-order valence-corrected chi connectivity index (χ0v) is 7.34. The van der Waals surface area contributed by atoms with E-state index >= 15 is 0 Å². The number of nitrogens with one attached hydrogen (secondary N) is 1. The van der Waals surface area contributed by atoms with Gasteiger partial charge in [0, 0.05) is 12.3 Å². The van der Waals surface area contributed by atoms with Crippen LogP contribution in [-0.2, 0) is 0 Å².